The Kier molecular flexibility index (Phi) is 5.20. The zero-order valence-corrected chi connectivity index (χ0v) is 16.9. The topological polar surface area (TPSA) is 78.0 Å². The third-order valence-electron chi connectivity index (χ3n) is 4.57. The van der Waals surface area contributed by atoms with Gasteiger partial charge in [-0.05, 0) is 50.5 Å². The van der Waals surface area contributed by atoms with Gasteiger partial charge in [-0.1, -0.05) is 23.9 Å². The molecule has 0 spiro atoms. The molecule has 0 radical (unpaired) electrons. The number of nitrogens with two attached hydrogens (primary N) is 1. The van der Waals surface area contributed by atoms with Gasteiger partial charge in [-0.3, -0.25) is 14.2 Å². The molecule has 2 heterocycles. The fraction of sp³-hybridized carbons (Fsp3) is 0.316. The van der Waals surface area contributed by atoms with Crippen LogP contribution in [0.4, 0.5) is 0 Å². The van der Waals surface area contributed by atoms with E-state index in [1.54, 1.807) is 4.57 Å². The van der Waals surface area contributed by atoms with E-state index in [4.69, 9.17) is 10.7 Å². The molecule has 2 aromatic heterocycles. The molecule has 0 aliphatic rings. The number of aromatic nitrogens is 2. The Morgan fingerprint density at radius 2 is 1.96 bits per heavy atom. The number of primary amides is 1. The van der Waals surface area contributed by atoms with Gasteiger partial charge in [0.1, 0.15) is 4.83 Å². The van der Waals surface area contributed by atoms with Gasteiger partial charge in [-0.2, -0.15) is 0 Å². The van der Waals surface area contributed by atoms with E-state index in [1.165, 1.54) is 23.1 Å². The van der Waals surface area contributed by atoms with Gasteiger partial charge in [0.05, 0.1) is 11.1 Å². The van der Waals surface area contributed by atoms with Gasteiger partial charge in [0, 0.05) is 17.1 Å². The van der Waals surface area contributed by atoms with Crippen molar-refractivity contribution in [3.05, 3.63) is 50.1 Å². The number of thiophene rings is 1. The Labute approximate surface area is 160 Å². The average molecular weight is 388 g/mol. The van der Waals surface area contributed by atoms with Gasteiger partial charge in [-0.15, -0.1) is 11.3 Å². The van der Waals surface area contributed by atoms with Crippen LogP contribution in [-0.2, 0) is 4.79 Å². The van der Waals surface area contributed by atoms with E-state index in [2.05, 4.69) is 0 Å². The van der Waals surface area contributed by atoms with Crippen LogP contribution in [0.3, 0.4) is 0 Å². The summed E-state index contributed by atoms with van der Waals surface area (Å²) in [7, 11) is 0. The molecule has 0 aliphatic carbocycles. The van der Waals surface area contributed by atoms with Crippen LogP contribution in [0.2, 0.25) is 0 Å². The summed E-state index contributed by atoms with van der Waals surface area (Å²) in [5, 5.41) is 1.27. The van der Waals surface area contributed by atoms with Crippen molar-refractivity contribution in [3.8, 4) is 5.69 Å². The Hall–Kier alpha value is -2.12. The first kappa shape index (κ1) is 18.7. The van der Waals surface area contributed by atoms with Crippen molar-refractivity contribution in [1.82, 2.24) is 9.55 Å². The summed E-state index contributed by atoms with van der Waals surface area (Å²) in [6, 6.07) is 5.90. The van der Waals surface area contributed by atoms with E-state index in [0.29, 0.717) is 16.3 Å². The fourth-order valence-electron chi connectivity index (χ4n) is 2.81. The first-order chi connectivity index (χ1) is 12.3. The van der Waals surface area contributed by atoms with Crippen molar-refractivity contribution in [3.63, 3.8) is 0 Å². The Balaban J connectivity index is 2.28. The van der Waals surface area contributed by atoms with E-state index in [0.717, 1.165) is 32.1 Å². The Morgan fingerprint density at radius 1 is 1.23 bits per heavy atom. The molecule has 7 heteroatoms. The summed E-state index contributed by atoms with van der Waals surface area (Å²) in [5.74, 6) is 0.128. The summed E-state index contributed by atoms with van der Waals surface area (Å²) in [4.78, 5) is 31.1. The molecule has 136 valence electrons. The minimum Gasteiger partial charge on any atom is -0.370 e. The molecule has 0 bridgehead atoms. The molecule has 5 nitrogen and oxygen atoms in total. The monoisotopic (exact) mass is 387 g/mol. The average Bonchev–Trinajstić information content (AvgIpc) is 2.85. The Bertz CT molecular complexity index is 1070. The predicted molar refractivity (Wildman–Crippen MR) is 109 cm³/mol. The van der Waals surface area contributed by atoms with Crippen LogP contribution in [0, 0.1) is 27.7 Å². The predicted octanol–water partition coefficient (Wildman–Crippen LogP) is 3.65. The molecule has 3 rings (SSSR count). The largest absolute Gasteiger partial charge is 0.370 e. The van der Waals surface area contributed by atoms with E-state index >= 15 is 0 Å². The molecule has 3 aromatic rings. The maximum atomic E-state index is 13.4. The van der Waals surface area contributed by atoms with Crippen LogP contribution in [0.15, 0.2) is 28.2 Å². The highest BCUT2D eigenvalue weighted by Gasteiger charge is 2.19. The third kappa shape index (κ3) is 3.29. The van der Waals surface area contributed by atoms with Crippen molar-refractivity contribution in [2.24, 2.45) is 5.73 Å². The normalized spacial score (nSPS) is 11.2. The quantitative estimate of drug-likeness (QED) is 0.535. The number of aryl methyl sites for hydroxylation is 3. The number of nitrogens with zero attached hydrogens (tertiary/aromatic N) is 2. The highest BCUT2D eigenvalue weighted by molar-refractivity contribution is 7.99. The van der Waals surface area contributed by atoms with E-state index in [-0.39, 0.29) is 17.9 Å². The molecule has 0 fully saturated rings. The number of fused-ring (bicyclic) bond motifs is 1. The van der Waals surface area contributed by atoms with Gasteiger partial charge in [0.2, 0.25) is 5.91 Å². The van der Waals surface area contributed by atoms with Crippen LogP contribution in [-0.4, -0.2) is 21.2 Å². The lowest BCUT2D eigenvalue weighted by Gasteiger charge is -2.15. The number of carbonyl (C=O) groups is 1. The smallest absolute Gasteiger partial charge is 0.267 e. The molecule has 1 aromatic carbocycles. The highest BCUT2D eigenvalue weighted by atomic mass is 32.2. The second-order valence-corrected chi connectivity index (χ2v) is 8.55. The number of hydrogen-bond donors (Lipinski definition) is 1. The number of rotatable bonds is 5. The number of hydrogen-bond acceptors (Lipinski definition) is 5. The molecule has 0 atom stereocenters. The number of benzene rings is 1. The lowest BCUT2D eigenvalue weighted by Crippen LogP contribution is -2.23. The second-order valence-electron chi connectivity index (χ2n) is 6.28. The van der Waals surface area contributed by atoms with Crippen molar-refractivity contribution in [1.29, 1.82) is 0 Å². The van der Waals surface area contributed by atoms with Crippen molar-refractivity contribution in [2.45, 2.75) is 39.3 Å². The van der Waals surface area contributed by atoms with Crippen molar-refractivity contribution in [2.75, 3.05) is 5.75 Å². The van der Waals surface area contributed by atoms with E-state index in [9.17, 15) is 9.59 Å². The molecule has 0 unspecified atom stereocenters. The standard InChI is InChI=1S/C19H21N3O2S2/c1-10-6-5-7-14(11(10)2)22-18(24)16-12(3)13(4)26-17(16)21-19(22)25-9-8-15(20)23/h5-7H,8-9H2,1-4H3,(H2,20,23). The lowest BCUT2D eigenvalue weighted by atomic mass is 10.1. The van der Waals surface area contributed by atoms with Crippen LogP contribution in [0.25, 0.3) is 15.9 Å². The van der Waals surface area contributed by atoms with E-state index < -0.39 is 0 Å². The minimum absolute atomic E-state index is 0.0628. The van der Waals surface area contributed by atoms with Crippen LogP contribution in [0.5, 0.6) is 0 Å². The Morgan fingerprint density at radius 3 is 2.65 bits per heavy atom. The first-order valence-electron chi connectivity index (χ1n) is 8.31. The van der Waals surface area contributed by atoms with E-state index in [1.807, 2.05) is 45.9 Å². The summed E-state index contributed by atoms with van der Waals surface area (Å²) in [6.45, 7) is 7.99. The maximum Gasteiger partial charge on any atom is 0.267 e. The molecular weight excluding hydrogens is 366 g/mol. The number of amides is 1. The summed E-state index contributed by atoms with van der Waals surface area (Å²) in [6.07, 6.45) is 0.244. The molecule has 26 heavy (non-hydrogen) atoms. The van der Waals surface area contributed by atoms with Gasteiger partial charge in [0.25, 0.3) is 5.56 Å². The number of thioether (sulfide) groups is 1. The highest BCUT2D eigenvalue weighted by Crippen LogP contribution is 2.30. The number of carbonyl (C=O) groups excluding carboxylic acids is 1. The molecule has 0 aliphatic heterocycles. The third-order valence-corrected chi connectivity index (χ3v) is 6.61. The summed E-state index contributed by atoms with van der Waals surface area (Å²) in [5.41, 5.74) is 9.15. The van der Waals surface area contributed by atoms with Gasteiger partial charge in [-0.25, -0.2) is 4.98 Å². The molecule has 2 N–H and O–H groups in total. The van der Waals surface area contributed by atoms with Gasteiger partial charge < -0.3 is 5.73 Å². The van der Waals surface area contributed by atoms with Crippen LogP contribution < -0.4 is 11.3 Å². The zero-order chi connectivity index (χ0) is 19.0. The van der Waals surface area contributed by atoms with Gasteiger partial charge in [0.15, 0.2) is 5.16 Å². The molecular formula is C19H21N3O2S2. The van der Waals surface area contributed by atoms with Crippen LogP contribution in [0.1, 0.15) is 28.0 Å². The lowest BCUT2D eigenvalue weighted by molar-refractivity contribution is -0.117. The molecule has 0 saturated heterocycles. The molecule has 0 saturated carbocycles. The molecule has 1 amide bonds. The second kappa shape index (κ2) is 7.25. The van der Waals surface area contributed by atoms with Crippen molar-refractivity contribution < 1.29 is 4.79 Å². The summed E-state index contributed by atoms with van der Waals surface area (Å²) < 4.78 is 1.68. The fourth-order valence-corrected chi connectivity index (χ4v) is 4.83. The minimum atomic E-state index is -0.359. The van der Waals surface area contributed by atoms with Gasteiger partial charge >= 0.3 is 0 Å². The maximum absolute atomic E-state index is 13.4. The first-order valence-corrected chi connectivity index (χ1v) is 10.1. The SMILES string of the molecule is Cc1cccc(-n2c(SCCC(N)=O)nc3sc(C)c(C)c3c2=O)c1C. The summed E-state index contributed by atoms with van der Waals surface area (Å²) >= 11 is 2.92. The van der Waals surface area contributed by atoms with Crippen LogP contribution >= 0.6 is 23.1 Å². The van der Waals surface area contributed by atoms with Crippen molar-refractivity contribution >= 4 is 39.2 Å². The zero-order valence-electron chi connectivity index (χ0n) is 15.3.